The summed E-state index contributed by atoms with van der Waals surface area (Å²) in [5.74, 6) is -1.79. The molecule has 3 nitrogen and oxygen atoms in total. The van der Waals surface area contributed by atoms with Gasteiger partial charge in [0.05, 0.1) is 11.5 Å². The number of hydrogen-bond acceptors (Lipinski definition) is 2. The minimum atomic E-state index is -4.42. The van der Waals surface area contributed by atoms with E-state index in [9.17, 15) is 22.8 Å². The maximum atomic E-state index is 12.4. The molecule has 0 aliphatic carbocycles. The first-order valence-electron chi connectivity index (χ1n) is 4.96. The van der Waals surface area contributed by atoms with Crippen LogP contribution < -0.4 is 5.32 Å². The number of halogens is 4. The Morgan fingerprint density at radius 2 is 1.61 bits per heavy atom. The average molecular weight is 322 g/mol. The Bertz CT molecular complexity index is 498. The van der Waals surface area contributed by atoms with Crippen molar-refractivity contribution in [2.45, 2.75) is 16.9 Å². The number of nitrogens with one attached hydrogen (secondary N) is 1. The average Bonchev–Trinajstić information content (AvgIpc) is 2.52. The Labute approximate surface area is 108 Å². The fourth-order valence-corrected chi connectivity index (χ4v) is 2.41. The van der Waals surface area contributed by atoms with Crippen LogP contribution in [-0.2, 0) is 15.8 Å². The molecular formula is C11H7BrF3NO2. The molecule has 0 radical (unpaired) electrons. The molecule has 0 bridgehead atoms. The molecular weight excluding hydrogens is 315 g/mol. The summed E-state index contributed by atoms with van der Waals surface area (Å²) >= 11 is 3.05. The standard InChI is InChI=1S/C11H7BrF3NO2/c12-8-7(9(17)16-10(8)18)5-1-3-6(4-2-5)11(13,14)15/h1-4,7-8H,(H,16,17,18). The van der Waals surface area contributed by atoms with Crippen LogP contribution >= 0.6 is 15.9 Å². The lowest BCUT2D eigenvalue weighted by Gasteiger charge is -2.12. The lowest BCUT2D eigenvalue weighted by molar-refractivity contribution is -0.137. The van der Waals surface area contributed by atoms with Crippen LogP contribution in [0.1, 0.15) is 17.0 Å². The molecule has 2 atom stereocenters. The topological polar surface area (TPSA) is 46.2 Å². The third kappa shape index (κ3) is 2.27. The molecule has 0 saturated carbocycles. The first-order chi connectivity index (χ1) is 8.30. The number of imide groups is 1. The zero-order chi connectivity index (χ0) is 13.5. The van der Waals surface area contributed by atoms with Crippen LogP contribution in [0.2, 0.25) is 0 Å². The van der Waals surface area contributed by atoms with Crippen LogP contribution in [-0.4, -0.2) is 16.6 Å². The van der Waals surface area contributed by atoms with E-state index in [1.807, 2.05) is 0 Å². The van der Waals surface area contributed by atoms with Gasteiger partial charge in [0.1, 0.15) is 4.83 Å². The SMILES string of the molecule is O=C1NC(=O)C(c2ccc(C(F)(F)F)cc2)C1Br. The number of carbonyl (C=O) groups excluding carboxylic acids is 2. The molecule has 1 aliphatic rings. The molecule has 1 N–H and O–H groups in total. The van der Waals surface area contributed by atoms with Gasteiger partial charge in [-0.25, -0.2) is 0 Å². The second-order valence-corrected chi connectivity index (χ2v) is 4.84. The van der Waals surface area contributed by atoms with Crippen molar-refractivity contribution in [2.75, 3.05) is 0 Å². The zero-order valence-corrected chi connectivity index (χ0v) is 10.4. The lowest BCUT2D eigenvalue weighted by atomic mass is 9.96. The van der Waals surface area contributed by atoms with E-state index in [1.165, 1.54) is 12.1 Å². The molecule has 0 spiro atoms. The number of hydrogen-bond donors (Lipinski definition) is 1. The van der Waals surface area contributed by atoms with Crippen molar-refractivity contribution in [3.8, 4) is 0 Å². The highest BCUT2D eigenvalue weighted by atomic mass is 79.9. The zero-order valence-electron chi connectivity index (χ0n) is 8.79. The Morgan fingerprint density at radius 1 is 1.06 bits per heavy atom. The Balaban J connectivity index is 2.30. The number of amides is 2. The molecule has 2 amide bonds. The van der Waals surface area contributed by atoms with Gasteiger partial charge in [-0.1, -0.05) is 28.1 Å². The minimum Gasteiger partial charge on any atom is -0.295 e. The fraction of sp³-hybridized carbons (Fsp3) is 0.273. The quantitative estimate of drug-likeness (QED) is 0.636. The number of rotatable bonds is 1. The summed E-state index contributed by atoms with van der Waals surface area (Å²) in [4.78, 5) is 22.0. The normalized spacial score (nSPS) is 24.2. The molecule has 0 aromatic heterocycles. The van der Waals surface area contributed by atoms with Crippen molar-refractivity contribution >= 4 is 27.7 Å². The smallest absolute Gasteiger partial charge is 0.295 e. The van der Waals surface area contributed by atoms with E-state index in [2.05, 4.69) is 21.2 Å². The van der Waals surface area contributed by atoms with E-state index in [-0.39, 0.29) is 0 Å². The van der Waals surface area contributed by atoms with Crippen LogP contribution in [0.15, 0.2) is 24.3 Å². The number of benzene rings is 1. The number of alkyl halides is 4. The van der Waals surface area contributed by atoms with Crippen molar-refractivity contribution < 1.29 is 22.8 Å². The van der Waals surface area contributed by atoms with E-state index < -0.39 is 34.3 Å². The number of carbonyl (C=O) groups is 2. The van der Waals surface area contributed by atoms with Gasteiger partial charge in [-0.3, -0.25) is 14.9 Å². The predicted octanol–water partition coefficient (Wildman–Crippen LogP) is 2.21. The second-order valence-electron chi connectivity index (χ2n) is 3.85. The molecule has 1 heterocycles. The van der Waals surface area contributed by atoms with Gasteiger partial charge in [0.25, 0.3) is 0 Å². The molecule has 1 aromatic carbocycles. The highest BCUT2D eigenvalue weighted by molar-refractivity contribution is 9.10. The highest BCUT2D eigenvalue weighted by Crippen LogP contribution is 2.33. The first kappa shape index (κ1) is 13.1. The maximum Gasteiger partial charge on any atom is 0.416 e. The molecule has 2 rings (SSSR count). The van der Waals surface area contributed by atoms with Gasteiger partial charge in [-0.05, 0) is 17.7 Å². The Kier molecular flexibility index (Phi) is 3.18. The van der Waals surface area contributed by atoms with Gasteiger partial charge >= 0.3 is 6.18 Å². The van der Waals surface area contributed by atoms with Crippen LogP contribution in [0, 0.1) is 0 Å². The Morgan fingerprint density at radius 3 is 2.00 bits per heavy atom. The van der Waals surface area contributed by atoms with Gasteiger partial charge in [-0.2, -0.15) is 13.2 Å². The maximum absolute atomic E-state index is 12.4. The summed E-state index contributed by atoms with van der Waals surface area (Å²) in [5, 5.41) is 2.11. The predicted molar refractivity (Wildman–Crippen MR) is 60.0 cm³/mol. The van der Waals surface area contributed by atoms with E-state index in [0.717, 1.165) is 12.1 Å². The van der Waals surface area contributed by atoms with Gasteiger partial charge in [0, 0.05) is 0 Å². The third-order valence-electron chi connectivity index (χ3n) is 2.67. The van der Waals surface area contributed by atoms with Crippen LogP contribution in [0.25, 0.3) is 0 Å². The summed E-state index contributed by atoms with van der Waals surface area (Å²) in [6.07, 6.45) is -4.42. The Hall–Kier alpha value is -1.37. The van der Waals surface area contributed by atoms with Crippen LogP contribution in [0.5, 0.6) is 0 Å². The van der Waals surface area contributed by atoms with E-state index in [4.69, 9.17) is 0 Å². The van der Waals surface area contributed by atoms with Crippen molar-refractivity contribution in [3.05, 3.63) is 35.4 Å². The largest absolute Gasteiger partial charge is 0.416 e. The summed E-state index contributed by atoms with van der Waals surface area (Å²) < 4.78 is 37.1. The van der Waals surface area contributed by atoms with Crippen LogP contribution in [0.4, 0.5) is 13.2 Å². The van der Waals surface area contributed by atoms with Gasteiger partial charge in [0.15, 0.2) is 0 Å². The molecule has 2 unspecified atom stereocenters. The second kappa shape index (κ2) is 4.38. The monoisotopic (exact) mass is 321 g/mol. The summed E-state index contributed by atoms with van der Waals surface area (Å²) in [7, 11) is 0. The van der Waals surface area contributed by atoms with Crippen LogP contribution in [0.3, 0.4) is 0 Å². The summed E-state index contributed by atoms with van der Waals surface area (Å²) in [5.41, 5.74) is -0.421. The van der Waals surface area contributed by atoms with Gasteiger partial charge in [-0.15, -0.1) is 0 Å². The molecule has 1 saturated heterocycles. The molecule has 7 heteroatoms. The fourth-order valence-electron chi connectivity index (χ4n) is 1.75. The summed E-state index contributed by atoms with van der Waals surface area (Å²) in [6.45, 7) is 0. The van der Waals surface area contributed by atoms with E-state index in [0.29, 0.717) is 5.56 Å². The molecule has 1 fully saturated rings. The van der Waals surface area contributed by atoms with Crippen molar-refractivity contribution in [1.82, 2.24) is 5.32 Å². The summed E-state index contributed by atoms with van der Waals surface area (Å²) in [6, 6.07) is 4.20. The highest BCUT2D eigenvalue weighted by Gasteiger charge is 2.41. The van der Waals surface area contributed by atoms with Crippen molar-refractivity contribution in [2.24, 2.45) is 0 Å². The first-order valence-corrected chi connectivity index (χ1v) is 5.88. The molecule has 96 valence electrons. The lowest BCUT2D eigenvalue weighted by Crippen LogP contribution is -2.22. The van der Waals surface area contributed by atoms with Gasteiger partial charge < -0.3 is 0 Å². The van der Waals surface area contributed by atoms with Gasteiger partial charge in [0.2, 0.25) is 11.8 Å². The van der Waals surface area contributed by atoms with E-state index in [1.54, 1.807) is 0 Å². The van der Waals surface area contributed by atoms with Crippen molar-refractivity contribution in [1.29, 1.82) is 0 Å². The molecule has 1 aromatic rings. The minimum absolute atomic E-state index is 0.369. The molecule has 1 aliphatic heterocycles. The van der Waals surface area contributed by atoms with E-state index >= 15 is 0 Å². The molecule has 18 heavy (non-hydrogen) atoms. The van der Waals surface area contributed by atoms with Crippen molar-refractivity contribution in [3.63, 3.8) is 0 Å². The third-order valence-corrected chi connectivity index (χ3v) is 3.61.